The van der Waals surface area contributed by atoms with Crippen LogP contribution in [0, 0.1) is 0 Å². The van der Waals surface area contributed by atoms with Gasteiger partial charge in [0, 0.05) is 11.1 Å². The van der Waals surface area contributed by atoms with Crippen molar-refractivity contribution in [1.82, 2.24) is 4.98 Å². The van der Waals surface area contributed by atoms with Crippen LogP contribution in [0.3, 0.4) is 0 Å². The minimum atomic E-state index is -0.324. The Labute approximate surface area is 286 Å². The highest BCUT2D eigenvalue weighted by Gasteiger charge is 2.51. The molecule has 0 aliphatic heterocycles. The summed E-state index contributed by atoms with van der Waals surface area (Å²) in [5, 5.41) is 0. The van der Waals surface area contributed by atoms with Crippen molar-refractivity contribution in [3.05, 3.63) is 210 Å². The second-order valence-electron chi connectivity index (χ2n) is 13.1. The van der Waals surface area contributed by atoms with E-state index in [0.29, 0.717) is 0 Å². The lowest BCUT2D eigenvalue weighted by Gasteiger charge is -2.30. The van der Waals surface area contributed by atoms with E-state index in [9.17, 15) is 0 Å². The maximum atomic E-state index is 5.21. The van der Waals surface area contributed by atoms with Crippen molar-refractivity contribution >= 4 is 0 Å². The topological polar surface area (TPSA) is 12.9 Å². The Kier molecular flexibility index (Phi) is 6.16. The Morgan fingerprint density at radius 1 is 0.265 bits per heavy atom. The van der Waals surface area contributed by atoms with Gasteiger partial charge in [-0.2, -0.15) is 0 Å². The van der Waals surface area contributed by atoms with Gasteiger partial charge in [0.05, 0.1) is 16.8 Å². The molecule has 0 fully saturated rings. The van der Waals surface area contributed by atoms with Crippen molar-refractivity contribution in [3.63, 3.8) is 0 Å². The molecule has 0 atom stereocenters. The van der Waals surface area contributed by atoms with Gasteiger partial charge in [0.2, 0.25) is 0 Å². The Morgan fingerprint density at radius 3 is 1.35 bits per heavy atom. The van der Waals surface area contributed by atoms with Crippen LogP contribution in [-0.2, 0) is 5.41 Å². The first-order chi connectivity index (χ1) is 24.3. The van der Waals surface area contributed by atoms with E-state index in [-0.39, 0.29) is 5.41 Å². The highest BCUT2D eigenvalue weighted by molar-refractivity contribution is 5.96. The van der Waals surface area contributed by atoms with Crippen LogP contribution in [0.15, 0.2) is 188 Å². The largest absolute Gasteiger partial charge is 0.248 e. The molecule has 0 saturated heterocycles. The molecule has 1 aromatic heterocycles. The van der Waals surface area contributed by atoms with E-state index in [2.05, 4.69) is 188 Å². The number of pyridine rings is 1. The predicted octanol–water partition coefficient (Wildman–Crippen LogP) is 12.1. The SMILES string of the molecule is c1ccc(-c2cc(-c3ccccc3)nc(-c3cccc(-c4ccc5c(c4)-c4ccccc4C54c5ccccc5-c5ccccc54)c3)c2)cc1. The molecule has 228 valence electrons. The highest BCUT2D eigenvalue weighted by Crippen LogP contribution is 2.62. The number of nitrogens with zero attached hydrogens (tertiary/aromatic N) is 1. The summed E-state index contributed by atoms with van der Waals surface area (Å²) in [4.78, 5) is 5.21. The zero-order chi connectivity index (χ0) is 32.4. The minimum absolute atomic E-state index is 0.324. The summed E-state index contributed by atoms with van der Waals surface area (Å²) in [7, 11) is 0. The maximum absolute atomic E-state index is 5.21. The van der Waals surface area contributed by atoms with Gasteiger partial charge in [-0.1, -0.05) is 164 Å². The third-order valence-corrected chi connectivity index (χ3v) is 10.5. The highest BCUT2D eigenvalue weighted by atomic mass is 14.7. The van der Waals surface area contributed by atoms with Crippen LogP contribution >= 0.6 is 0 Å². The normalized spacial score (nSPS) is 13.1. The first-order valence-corrected chi connectivity index (χ1v) is 17.0. The molecule has 1 heteroatoms. The van der Waals surface area contributed by atoms with E-state index in [1.807, 2.05) is 0 Å². The third kappa shape index (κ3) is 4.16. The van der Waals surface area contributed by atoms with Gasteiger partial charge >= 0.3 is 0 Å². The molecule has 0 unspecified atom stereocenters. The fourth-order valence-corrected chi connectivity index (χ4v) is 8.37. The van der Waals surface area contributed by atoms with Gasteiger partial charge in [0.1, 0.15) is 0 Å². The Morgan fingerprint density at radius 2 is 0.714 bits per heavy atom. The van der Waals surface area contributed by atoms with E-state index in [0.717, 1.165) is 28.1 Å². The Hall–Kier alpha value is -6.31. The molecule has 49 heavy (non-hydrogen) atoms. The molecule has 2 aliphatic carbocycles. The monoisotopic (exact) mass is 621 g/mol. The van der Waals surface area contributed by atoms with Crippen LogP contribution < -0.4 is 0 Å². The third-order valence-electron chi connectivity index (χ3n) is 10.5. The van der Waals surface area contributed by atoms with Crippen LogP contribution in [0.5, 0.6) is 0 Å². The summed E-state index contributed by atoms with van der Waals surface area (Å²) >= 11 is 0. The molecule has 8 aromatic rings. The van der Waals surface area contributed by atoms with Crippen molar-refractivity contribution in [2.45, 2.75) is 5.41 Å². The summed E-state index contributed by atoms with van der Waals surface area (Å²) in [6.07, 6.45) is 0. The first kappa shape index (κ1) is 27.8. The summed E-state index contributed by atoms with van der Waals surface area (Å²) < 4.78 is 0. The van der Waals surface area contributed by atoms with Crippen molar-refractivity contribution < 1.29 is 0 Å². The predicted molar refractivity (Wildman–Crippen MR) is 202 cm³/mol. The zero-order valence-electron chi connectivity index (χ0n) is 26.8. The van der Waals surface area contributed by atoms with Crippen LogP contribution in [0.1, 0.15) is 22.3 Å². The average molecular weight is 622 g/mol. The Bertz CT molecular complexity index is 2440. The van der Waals surface area contributed by atoms with Gasteiger partial charge in [-0.3, -0.25) is 0 Å². The number of rotatable bonds is 4. The second-order valence-corrected chi connectivity index (χ2v) is 13.1. The molecule has 0 radical (unpaired) electrons. The van der Waals surface area contributed by atoms with Crippen LogP contribution in [0.2, 0.25) is 0 Å². The average Bonchev–Trinajstić information content (AvgIpc) is 3.65. The lowest BCUT2D eigenvalue weighted by molar-refractivity contribution is 0.794. The molecule has 0 amide bonds. The van der Waals surface area contributed by atoms with Gasteiger partial charge in [0.15, 0.2) is 0 Å². The number of hydrogen-bond acceptors (Lipinski definition) is 1. The molecule has 0 saturated carbocycles. The van der Waals surface area contributed by atoms with Crippen LogP contribution in [0.25, 0.3) is 67.0 Å². The molecule has 10 rings (SSSR count). The summed E-state index contributed by atoms with van der Waals surface area (Å²) in [6.45, 7) is 0. The zero-order valence-corrected chi connectivity index (χ0v) is 26.8. The van der Waals surface area contributed by atoms with E-state index < -0.39 is 0 Å². The second kappa shape index (κ2) is 10.9. The van der Waals surface area contributed by atoms with E-state index in [1.165, 1.54) is 61.2 Å². The van der Waals surface area contributed by atoms with Crippen LogP contribution in [0.4, 0.5) is 0 Å². The lowest BCUT2D eigenvalue weighted by Crippen LogP contribution is -2.25. The van der Waals surface area contributed by atoms with E-state index >= 15 is 0 Å². The van der Waals surface area contributed by atoms with Crippen molar-refractivity contribution in [3.8, 4) is 67.0 Å². The quantitative estimate of drug-likeness (QED) is 0.191. The van der Waals surface area contributed by atoms with E-state index in [4.69, 9.17) is 4.98 Å². The Balaban J connectivity index is 1.13. The van der Waals surface area contributed by atoms with Crippen molar-refractivity contribution in [2.24, 2.45) is 0 Å². The molecule has 1 heterocycles. The standard InChI is InChI=1S/C48H31N/c1-3-14-32(15-4-1)37-30-46(33-16-5-2-6-17-33)49-47(31-37)36-19-13-18-34(28-36)35-26-27-45-41(29-35)40-22-9-12-25-44(40)48(45)42-23-10-7-20-38(42)39-21-8-11-24-43(39)48/h1-31H. The molecule has 0 bridgehead atoms. The van der Waals surface area contributed by atoms with Crippen molar-refractivity contribution in [2.75, 3.05) is 0 Å². The van der Waals surface area contributed by atoms with Gasteiger partial charge < -0.3 is 0 Å². The molecule has 1 spiro atoms. The number of benzene rings is 7. The smallest absolute Gasteiger partial charge is 0.0725 e. The molecule has 2 aliphatic rings. The van der Waals surface area contributed by atoms with Gasteiger partial charge in [-0.25, -0.2) is 4.98 Å². The summed E-state index contributed by atoms with van der Waals surface area (Å²) in [6, 6.07) is 68.4. The van der Waals surface area contributed by atoms with E-state index in [1.54, 1.807) is 0 Å². The number of fused-ring (bicyclic) bond motifs is 10. The molecule has 7 aromatic carbocycles. The van der Waals surface area contributed by atoms with Gasteiger partial charge in [0.25, 0.3) is 0 Å². The molecule has 0 N–H and O–H groups in total. The fourth-order valence-electron chi connectivity index (χ4n) is 8.37. The van der Waals surface area contributed by atoms with Crippen molar-refractivity contribution in [1.29, 1.82) is 0 Å². The van der Waals surface area contributed by atoms with Crippen LogP contribution in [-0.4, -0.2) is 4.98 Å². The molecular formula is C48H31N. The molecular weight excluding hydrogens is 591 g/mol. The lowest BCUT2D eigenvalue weighted by atomic mass is 9.70. The minimum Gasteiger partial charge on any atom is -0.248 e. The fraction of sp³-hybridized carbons (Fsp3) is 0.0208. The van der Waals surface area contributed by atoms with Gasteiger partial charge in [-0.05, 0) is 91.0 Å². The number of aromatic nitrogens is 1. The number of hydrogen-bond donors (Lipinski definition) is 0. The molecule has 1 nitrogen and oxygen atoms in total. The first-order valence-electron chi connectivity index (χ1n) is 17.0. The summed E-state index contributed by atoms with van der Waals surface area (Å²) in [5.74, 6) is 0. The maximum Gasteiger partial charge on any atom is 0.0725 e. The van der Waals surface area contributed by atoms with Gasteiger partial charge in [-0.15, -0.1) is 0 Å². The summed E-state index contributed by atoms with van der Waals surface area (Å²) in [5.41, 5.74) is 19.3.